The van der Waals surface area contributed by atoms with Crippen LogP contribution in [-0.4, -0.2) is 55.7 Å². The van der Waals surface area contributed by atoms with Crippen molar-refractivity contribution in [2.24, 2.45) is 0 Å². The van der Waals surface area contributed by atoms with E-state index >= 15 is 0 Å². The van der Waals surface area contributed by atoms with Crippen LogP contribution in [0.25, 0.3) is 0 Å². The molecule has 0 atom stereocenters. The lowest BCUT2D eigenvalue weighted by Gasteiger charge is -2.28. The van der Waals surface area contributed by atoms with Crippen molar-refractivity contribution in [1.82, 2.24) is 4.90 Å². The summed E-state index contributed by atoms with van der Waals surface area (Å²) in [5.41, 5.74) is 1.27. The second-order valence-corrected chi connectivity index (χ2v) is 11.1. The smallest absolute Gasteiger partial charge is 0.333 e. The Morgan fingerprint density at radius 2 is 1.21 bits per heavy atom. The molecule has 42 heavy (non-hydrogen) atoms. The second kappa shape index (κ2) is 27.5. The van der Waals surface area contributed by atoms with E-state index in [1.54, 1.807) is 6.92 Å². The lowest BCUT2D eigenvalue weighted by Crippen LogP contribution is -2.29. The average Bonchev–Trinajstić information content (AvgIpc) is 2.97. The minimum atomic E-state index is -0.529. The first-order valence-electron chi connectivity index (χ1n) is 16.2. The molecular weight excluding hydrogens is 554 g/mol. The zero-order chi connectivity index (χ0) is 30.0. The van der Waals surface area contributed by atoms with Crippen LogP contribution in [0, 0.1) is 0 Å². The zero-order valence-corrected chi connectivity index (χ0v) is 27.3. The van der Waals surface area contributed by atoms with Crippen molar-refractivity contribution in [3.8, 4) is 0 Å². The third-order valence-electron chi connectivity index (χ3n) is 7.28. The molecule has 0 N–H and O–H groups in total. The molecular formula is C34H58ClNO6. The predicted molar refractivity (Wildman–Crippen MR) is 173 cm³/mol. The standard InChI is InChI=1S/C34H57NO6.ClH/c1-4-5-6-7-8-9-10-11-12-13-14-15-16-17-18-20-25-35-26-21-19-22-31(35)29-41-33(37)24-23-32(36)39-27-28-40-34(38)30(2)3;/h19,21-22H,2,4-18,20,23-29H2,1,3H3;1H. The monoisotopic (exact) mass is 611 g/mol. The molecule has 0 aromatic carbocycles. The summed E-state index contributed by atoms with van der Waals surface area (Å²) in [6, 6.07) is 0. The largest absolute Gasteiger partial charge is 0.462 e. The van der Waals surface area contributed by atoms with Gasteiger partial charge in [0.15, 0.2) is 0 Å². The molecule has 0 spiro atoms. The number of carbonyl (C=O) groups excluding carboxylic acids is 3. The van der Waals surface area contributed by atoms with Gasteiger partial charge in [-0.1, -0.05) is 122 Å². The molecule has 0 saturated carbocycles. The number of hydrogen-bond donors (Lipinski definition) is 0. The summed E-state index contributed by atoms with van der Waals surface area (Å²) in [6.07, 6.45) is 27.7. The van der Waals surface area contributed by atoms with Crippen LogP contribution in [0.15, 0.2) is 36.1 Å². The van der Waals surface area contributed by atoms with E-state index in [0.29, 0.717) is 0 Å². The van der Waals surface area contributed by atoms with Crippen molar-refractivity contribution < 1.29 is 28.6 Å². The summed E-state index contributed by atoms with van der Waals surface area (Å²) in [5.74, 6) is -1.49. The Morgan fingerprint density at radius 3 is 1.74 bits per heavy atom. The van der Waals surface area contributed by atoms with Crippen LogP contribution >= 0.6 is 12.4 Å². The van der Waals surface area contributed by atoms with Crippen LogP contribution in [0.4, 0.5) is 0 Å². The maximum atomic E-state index is 12.1. The number of esters is 3. The minimum Gasteiger partial charge on any atom is -0.462 e. The highest BCUT2D eigenvalue weighted by atomic mass is 35.5. The van der Waals surface area contributed by atoms with Gasteiger partial charge in [0.2, 0.25) is 0 Å². The summed E-state index contributed by atoms with van der Waals surface area (Å²) in [4.78, 5) is 37.5. The number of hydrogen-bond acceptors (Lipinski definition) is 7. The molecule has 0 bridgehead atoms. The number of carbonyl (C=O) groups is 3. The number of allylic oxidation sites excluding steroid dienone is 2. The first-order valence-corrected chi connectivity index (χ1v) is 16.2. The van der Waals surface area contributed by atoms with Crippen molar-refractivity contribution in [2.75, 3.05) is 32.9 Å². The van der Waals surface area contributed by atoms with Crippen LogP contribution in [0.3, 0.4) is 0 Å². The van der Waals surface area contributed by atoms with Gasteiger partial charge < -0.3 is 19.1 Å². The number of unbranched alkanes of at least 4 members (excludes halogenated alkanes) is 15. The summed E-state index contributed by atoms with van der Waals surface area (Å²) in [5, 5.41) is 0. The van der Waals surface area contributed by atoms with Crippen molar-refractivity contribution in [3.05, 3.63) is 36.1 Å². The predicted octanol–water partition coefficient (Wildman–Crippen LogP) is 8.41. The van der Waals surface area contributed by atoms with E-state index in [4.69, 9.17) is 14.2 Å². The van der Waals surface area contributed by atoms with Gasteiger partial charge in [-0.05, 0) is 19.4 Å². The Labute approximate surface area is 261 Å². The molecule has 0 unspecified atom stereocenters. The lowest BCUT2D eigenvalue weighted by molar-refractivity contribution is -0.152. The fraction of sp³-hybridized carbons (Fsp3) is 0.735. The second-order valence-electron chi connectivity index (χ2n) is 11.1. The molecule has 0 fully saturated rings. The number of ether oxygens (including phenoxy) is 3. The summed E-state index contributed by atoms with van der Waals surface area (Å²) in [7, 11) is 0. The first kappa shape index (κ1) is 39.7. The van der Waals surface area contributed by atoms with E-state index in [0.717, 1.165) is 25.2 Å². The van der Waals surface area contributed by atoms with E-state index in [1.165, 1.54) is 96.3 Å². The highest BCUT2D eigenvalue weighted by Gasteiger charge is 2.14. The van der Waals surface area contributed by atoms with Gasteiger partial charge in [0.25, 0.3) is 0 Å². The van der Waals surface area contributed by atoms with Gasteiger partial charge >= 0.3 is 17.9 Å². The number of nitrogens with zero attached hydrogens (tertiary/aromatic N) is 1. The maximum Gasteiger partial charge on any atom is 0.333 e. The van der Waals surface area contributed by atoms with E-state index < -0.39 is 17.9 Å². The molecule has 1 rings (SSSR count). The van der Waals surface area contributed by atoms with Gasteiger partial charge in [-0.2, -0.15) is 0 Å². The van der Waals surface area contributed by atoms with Crippen LogP contribution in [0.5, 0.6) is 0 Å². The van der Waals surface area contributed by atoms with Gasteiger partial charge in [-0.3, -0.25) is 9.59 Å². The minimum absolute atomic E-state index is 0. The molecule has 0 aromatic rings. The number of rotatable bonds is 26. The van der Waals surface area contributed by atoms with Crippen molar-refractivity contribution >= 4 is 30.3 Å². The van der Waals surface area contributed by atoms with Gasteiger partial charge in [0, 0.05) is 18.7 Å². The quantitative estimate of drug-likeness (QED) is 0.0420. The average molecular weight is 612 g/mol. The fourth-order valence-corrected chi connectivity index (χ4v) is 4.73. The van der Waals surface area contributed by atoms with E-state index in [-0.39, 0.29) is 50.6 Å². The SMILES string of the molecule is C=C(C)C(=O)OCCOC(=O)CCC(=O)OCC1=CC=CCN1CCCCCCCCCCCCCCCCCC.Cl. The van der Waals surface area contributed by atoms with E-state index in [1.807, 2.05) is 12.2 Å². The molecule has 0 aromatic heterocycles. The number of halogens is 1. The van der Waals surface area contributed by atoms with Crippen molar-refractivity contribution in [1.29, 1.82) is 0 Å². The van der Waals surface area contributed by atoms with Crippen LogP contribution in [0.2, 0.25) is 0 Å². The zero-order valence-electron chi connectivity index (χ0n) is 26.5. The topological polar surface area (TPSA) is 82.1 Å². The molecule has 1 aliphatic rings. The van der Waals surface area contributed by atoms with Crippen LogP contribution < -0.4 is 0 Å². The van der Waals surface area contributed by atoms with Crippen LogP contribution in [-0.2, 0) is 28.6 Å². The summed E-state index contributed by atoms with van der Waals surface area (Å²) >= 11 is 0. The molecule has 1 aliphatic heterocycles. The summed E-state index contributed by atoms with van der Waals surface area (Å²) in [6.45, 7) is 9.18. The first-order chi connectivity index (χ1) is 19.9. The molecule has 0 aliphatic carbocycles. The highest BCUT2D eigenvalue weighted by Crippen LogP contribution is 2.16. The van der Waals surface area contributed by atoms with Crippen molar-refractivity contribution in [3.63, 3.8) is 0 Å². The third-order valence-corrected chi connectivity index (χ3v) is 7.28. The molecule has 0 amide bonds. The van der Waals surface area contributed by atoms with Gasteiger partial charge in [0.05, 0.1) is 18.5 Å². The Morgan fingerprint density at radius 1 is 0.738 bits per heavy atom. The van der Waals surface area contributed by atoms with Gasteiger partial charge in [-0.15, -0.1) is 12.4 Å². The van der Waals surface area contributed by atoms with Gasteiger partial charge in [-0.25, -0.2) is 4.79 Å². The van der Waals surface area contributed by atoms with E-state index in [9.17, 15) is 14.4 Å². The highest BCUT2D eigenvalue weighted by molar-refractivity contribution is 5.87. The lowest BCUT2D eigenvalue weighted by atomic mass is 10.0. The molecule has 7 nitrogen and oxygen atoms in total. The molecule has 0 saturated heterocycles. The Hall–Kier alpha value is -2.28. The van der Waals surface area contributed by atoms with Gasteiger partial charge in [0.1, 0.15) is 19.8 Å². The fourth-order valence-electron chi connectivity index (χ4n) is 4.73. The molecule has 0 radical (unpaired) electrons. The molecule has 242 valence electrons. The van der Waals surface area contributed by atoms with E-state index in [2.05, 4.69) is 24.5 Å². The normalized spacial score (nSPS) is 12.3. The summed E-state index contributed by atoms with van der Waals surface area (Å²) < 4.78 is 15.2. The van der Waals surface area contributed by atoms with Crippen LogP contribution in [0.1, 0.15) is 129 Å². The third kappa shape index (κ3) is 22.3. The molecule has 1 heterocycles. The van der Waals surface area contributed by atoms with Crippen molar-refractivity contribution in [2.45, 2.75) is 129 Å². The maximum absolute atomic E-state index is 12.1. The Balaban J connectivity index is 0.0000168. The molecule has 8 heteroatoms. The Bertz CT molecular complexity index is 810. The Kier molecular flexibility index (Phi) is 26.1.